The molecule has 0 aliphatic carbocycles. The minimum atomic E-state index is -4.63. The molecule has 0 spiro atoms. The molecule has 3 aromatic rings. The molecule has 3 N–H and O–H groups in total. The van der Waals surface area contributed by atoms with Crippen molar-refractivity contribution in [3.8, 4) is 17.2 Å². The SMILES string of the molecule is COc1ccccc1N=Nc1cc(S(=O)(=O)O)c2cccc(O)c2c1O.[NaH]. The van der Waals surface area contributed by atoms with Crippen molar-refractivity contribution in [2.75, 3.05) is 7.11 Å². The van der Waals surface area contributed by atoms with E-state index in [1.54, 1.807) is 24.3 Å². The Balaban J connectivity index is 0.00000261. The van der Waals surface area contributed by atoms with Gasteiger partial charge in [-0.15, -0.1) is 10.2 Å². The molecule has 3 aromatic carbocycles. The zero-order valence-electron chi connectivity index (χ0n) is 13.5. The number of fused-ring (bicyclic) bond motifs is 1. The molecule has 10 heteroatoms. The van der Waals surface area contributed by atoms with E-state index in [9.17, 15) is 23.2 Å². The Morgan fingerprint density at radius 1 is 0.963 bits per heavy atom. The Bertz CT molecular complexity index is 1130. The maximum atomic E-state index is 11.7. The molecule has 8 nitrogen and oxygen atoms in total. The molecule has 0 aromatic heterocycles. The van der Waals surface area contributed by atoms with Gasteiger partial charge in [0.25, 0.3) is 10.1 Å². The van der Waals surface area contributed by atoms with Crippen LogP contribution >= 0.6 is 0 Å². The van der Waals surface area contributed by atoms with Gasteiger partial charge in [0.1, 0.15) is 27.8 Å². The number of azo groups is 1. The van der Waals surface area contributed by atoms with Gasteiger partial charge in [-0.05, 0) is 24.3 Å². The number of hydrogen-bond donors (Lipinski definition) is 3. The molecule has 27 heavy (non-hydrogen) atoms. The van der Waals surface area contributed by atoms with Gasteiger partial charge in [-0.2, -0.15) is 8.42 Å². The molecular weight excluding hydrogens is 383 g/mol. The zero-order chi connectivity index (χ0) is 18.9. The average Bonchev–Trinajstić information content (AvgIpc) is 2.60. The monoisotopic (exact) mass is 398 g/mol. The number of hydrogen-bond acceptors (Lipinski definition) is 7. The van der Waals surface area contributed by atoms with Crippen LogP contribution in [0.25, 0.3) is 10.8 Å². The molecule has 136 valence electrons. The van der Waals surface area contributed by atoms with Crippen molar-refractivity contribution >= 4 is 61.8 Å². The number of phenols is 2. The van der Waals surface area contributed by atoms with Gasteiger partial charge in [0.2, 0.25) is 0 Å². The van der Waals surface area contributed by atoms with E-state index in [2.05, 4.69) is 10.2 Å². The second kappa shape index (κ2) is 8.24. The van der Waals surface area contributed by atoms with Gasteiger partial charge in [0, 0.05) is 5.39 Å². The Hall–Kier alpha value is -2.17. The van der Waals surface area contributed by atoms with Crippen LogP contribution in [0, 0.1) is 0 Å². The molecule has 0 atom stereocenters. The van der Waals surface area contributed by atoms with E-state index in [4.69, 9.17) is 4.74 Å². The standard InChI is InChI=1S/C17H14N2O6S.Na.H/c1-25-14-8-3-2-6-11(14)18-19-12-9-15(26(22,23)24)10-5-4-7-13(20)16(10)17(12)21;;/h2-9,20-21H,1H3,(H,22,23,24);;. The summed E-state index contributed by atoms with van der Waals surface area (Å²) in [5, 5.41) is 28.0. The summed E-state index contributed by atoms with van der Waals surface area (Å²) in [6, 6.07) is 11.7. The topological polar surface area (TPSA) is 129 Å². The molecule has 3 rings (SSSR count). The molecule has 0 heterocycles. The van der Waals surface area contributed by atoms with Crippen LogP contribution in [0.15, 0.2) is 63.7 Å². The Morgan fingerprint density at radius 3 is 2.30 bits per heavy atom. The Labute approximate surface area is 177 Å². The predicted molar refractivity (Wildman–Crippen MR) is 101 cm³/mol. The zero-order valence-corrected chi connectivity index (χ0v) is 14.3. The van der Waals surface area contributed by atoms with Crippen molar-refractivity contribution in [2.24, 2.45) is 10.2 Å². The van der Waals surface area contributed by atoms with E-state index in [0.29, 0.717) is 11.4 Å². The van der Waals surface area contributed by atoms with Crippen molar-refractivity contribution < 1.29 is 27.9 Å². The van der Waals surface area contributed by atoms with Gasteiger partial charge in [-0.25, -0.2) is 0 Å². The summed E-state index contributed by atoms with van der Waals surface area (Å²) in [6.07, 6.45) is 0. The first-order valence-electron chi connectivity index (χ1n) is 7.33. The number of aromatic hydroxyl groups is 2. The second-order valence-corrected chi connectivity index (χ2v) is 6.68. The third kappa shape index (κ3) is 4.23. The fourth-order valence-electron chi connectivity index (χ4n) is 2.50. The van der Waals surface area contributed by atoms with E-state index in [1.165, 1.54) is 25.3 Å². The molecule has 0 unspecified atom stereocenters. The molecule has 0 radical (unpaired) electrons. The third-order valence-electron chi connectivity index (χ3n) is 3.68. The summed E-state index contributed by atoms with van der Waals surface area (Å²) in [4.78, 5) is -0.504. The summed E-state index contributed by atoms with van der Waals surface area (Å²) in [7, 11) is -3.18. The van der Waals surface area contributed by atoms with Crippen LogP contribution in [0.5, 0.6) is 17.2 Å². The average molecular weight is 398 g/mol. The summed E-state index contributed by atoms with van der Waals surface area (Å²) in [6.45, 7) is 0. The molecule has 0 saturated heterocycles. The fourth-order valence-corrected chi connectivity index (χ4v) is 3.21. The number of nitrogens with zero attached hydrogens (tertiary/aromatic N) is 2. The number of para-hydroxylation sites is 1. The quantitative estimate of drug-likeness (QED) is 0.351. The van der Waals surface area contributed by atoms with E-state index in [-0.39, 0.29) is 51.8 Å². The molecule has 0 aliphatic heterocycles. The van der Waals surface area contributed by atoms with Crippen molar-refractivity contribution in [3.05, 3.63) is 48.5 Å². The van der Waals surface area contributed by atoms with Gasteiger partial charge in [-0.1, -0.05) is 24.3 Å². The van der Waals surface area contributed by atoms with Gasteiger partial charge < -0.3 is 14.9 Å². The first kappa shape index (κ1) is 21.1. The van der Waals surface area contributed by atoms with Crippen molar-refractivity contribution in [1.82, 2.24) is 0 Å². The minimum absolute atomic E-state index is 0. The van der Waals surface area contributed by atoms with Crippen LogP contribution in [-0.4, -0.2) is 59.9 Å². The number of ether oxygens (including phenoxy) is 1. The van der Waals surface area contributed by atoms with E-state index >= 15 is 0 Å². The Kier molecular flexibility index (Phi) is 6.45. The number of phenolic OH excluding ortho intramolecular Hbond substituents is 2. The van der Waals surface area contributed by atoms with Gasteiger partial charge >= 0.3 is 29.6 Å². The van der Waals surface area contributed by atoms with Crippen LogP contribution in [0.4, 0.5) is 11.4 Å². The van der Waals surface area contributed by atoms with Crippen LogP contribution < -0.4 is 4.74 Å². The van der Waals surface area contributed by atoms with E-state index < -0.39 is 20.8 Å². The molecule has 0 bridgehead atoms. The van der Waals surface area contributed by atoms with Crippen LogP contribution in [-0.2, 0) is 10.1 Å². The first-order chi connectivity index (χ1) is 12.3. The fraction of sp³-hybridized carbons (Fsp3) is 0.0588. The van der Waals surface area contributed by atoms with Crippen LogP contribution in [0.3, 0.4) is 0 Å². The van der Waals surface area contributed by atoms with Gasteiger partial charge in [0.15, 0.2) is 5.75 Å². The summed E-state index contributed by atoms with van der Waals surface area (Å²) in [5.74, 6) is -0.405. The third-order valence-corrected chi connectivity index (χ3v) is 4.58. The molecule has 0 aliphatic rings. The number of methoxy groups -OCH3 is 1. The normalized spacial score (nSPS) is 11.5. The summed E-state index contributed by atoms with van der Waals surface area (Å²) < 4.78 is 38.0. The number of rotatable bonds is 4. The van der Waals surface area contributed by atoms with Crippen molar-refractivity contribution in [3.63, 3.8) is 0 Å². The number of benzene rings is 3. The van der Waals surface area contributed by atoms with Crippen molar-refractivity contribution in [1.29, 1.82) is 0 Å². The second-order valence-electron chi connectivity index (χ2n) is 5.29. The molecule has 0 saturated carbocycles. The van der Waals surface area contributed by atoms with Gasteiger partial charge in [0.05, 0.1) is 12.5 Å². The maximum absolute atomic E-state index is 11.7. The Morgan fingerprint density at radius 2 is 1.63 bits per heavy atom. The summed E-state index contributed by atoms with van der Waals surface area (Å²) >= 11 is 0. The molecule has 0 amide bonds. The van der Waals surface area contributed by atoms with Gasteiger partial charge in [-0.3, -0.25) is 4.55 Å². The van der Waals surface area contributed by atoms with E-state index in [1.807, 2.05) is 0 Å². The van der Waals surface area contributed by atoms with E-state index in [0.717, 1.165) is 6.07 Å². The molecular formula is C17H15N2NaO6S. The predicted octanol–water partition coefficient (Wildman–Crippen LogP) is 3.27. The van der Waals surface area contributed by atoms with Crippen molar-refractivity contribution in [2.45, 2.75) is 4.90 Å². The van der Waals surface area contributed by atoms with Crippen LogP contribution in [0.2, 0.25) is 0 Å². The summed E-state index contributed by atoms with van der Waals surface area (Å²) in [5.41, 5.74) is 0.109. The van der Waals surface area contributed by atoms with Crippen LogP contribution in [0.1, 0.15) is 0 Å². The molecule has 0 fully saturated rings. The first-order valence-corrected chi connectivity index (χ1v) is 8.77.